The highest BCUT2D eigenvalue weighted by Crippen LogP contribution is 2.25. The molecule has 0 aliphatic heterocycles. The monoisotopic (exact) mass is 332 g/mol. The molecule has 0 saturated heterocycles. The fourth-order valence-corrected chi connectivity index (χ4v) is 3.25. The molecule has 2 aromatic heterocycles. The van der Waals surface area contributed by atoms with E-state index in [1.165, 1.54) is 16.3 Å². The molecular weight excluding hydrogens is 320 g/mol. The number of carbonyl (C=O) groups excluding carboxylic acids is 1. The summed E-state index contributed by atoms with van der Waals surface area (Å²) >= 11 is 6.58. The number of H-pyrrole nitrogens is 2. The van der Waals surface area contributed by atoms with E-state index in [0.29, 0.717) is 16.4 Å². The Bertz CT molecular complexity index is 986. The molecule has 0 radical (unpaired) electrons. The van der Waals surface area contributed by atoms with E-state index in [1.807, 2.05) is 6.07 Å². The predicted octanol–water partition coefficient (Wildman–Crippen LogP) is 2.20. The van der Waals surface area contributed by atoms with Crippen molar-refractivity contribution in [3.8, 4) is 5.69 Å². The van der Waals surface area contributed by atoms with Crippen molar-refractivity contribution in [2.75, 3.05) is 6.26 Å². The number of aromatic nitrogens is 3. The molecule has 0 aliphatic carbocycles. The van der Waals surface area contributed by atoms with Gasteiger partial charge in [-0.3, -0.25) is 14.2 Å². The maximum atomic E-state index is 12.8. The first-order chi connectivity index (χ1) is 10.5. The Kier molecular flexibility index (Phi) is 3.63. The highest BCUT2D eigenvalue weighted by molar-refractivity contribution is 7.98. The van der Waals surface area contributed by atoms with Crippen molar-refractivity contribution >= 4 is 40.9 Å². The molecule has 22 heavy (non-hydrogen) atoms. The van der Waals surface area contributed by atoms with Crippen LogP contribution in [-0.2, 0) is 0 Å². The van der Waals surface area contributed by atoms with Gasteiger partial charge in [0.1, 0.15) is 5.65 Å². The van der Waals surface area contributed by atoms with Crippen LogP contribution in [-0.4, -0.2) is 26.7 Å². The Morgan fingerprint density at radius 2 is 1.95 bits per heavy atom. The van der Waals surface area contributed by atoms with Crippen LogP contribution in [0.25, 0.3) is 16.7 Å². The third-order valence-electron chi connectivity index (χ3n) is 3.28. The number of primary amides is 1. The van der Waals surface area contributed by atoms with E-state index in [9.17, 15) is 9.59 Å². The molecule has 0 aliphatic rings. The number of nitrogens with one attached hydrogen (secondary N) is 2. The highest BCUT2D eigenvalue weighted by Gasteiger charge is 2.21. The zero-order valence-electron chi connectivity index (χ0n) is 11.5. The molecule has 1 amide bonds. The largest absolute Gasteiger partial charge is 0.365 e. The maximum Gasteiger partial charge on any atom is 0.269 e. The minimum atomic E-state index is -0.655. The van der Waals surface area contributed by atoms with Crippen LogP contribution in [0.15, 0.2) is 40.2 Å². The summed E-state index contributed by atoms with van der Waals surface area (Å²) in [5, 5.41) is 0.755. The summed E-state index contributed by atoms with van der Waals surface area (Å²) in [6, 6.07) is 8.99. The first kappa shape index (κ1) is 14.6. The van der Waals surface area contributed by atoms with Crippen LogP contribution >= 0.6 is 24.0 Å². The predicted molar refractivity (Wildman–Crippen MR) is 89.4 cm³/mol. The molecule has 112 valence electrons. The first-order valence-corrected chi connectivity index (χ1v) is 7.98. The van der Waals surface area contributed by atoms with Gasteiger partial charge in [-0.15, -0.1) is 11.8 Å². The Labute approximate surface area is 134 Å². The quantitative estimate of drug-likeness (QED) is 0.506. The number of aromatic amines is 2. The zero-order valence-corrected chi connectivity index (χ0v) is 13.2. The standard InChI is InChI=1S/C14H12N4O2S2/c1-22-12-8(10(15)19)9-11(16-12)17-14(21)18(13(9)20)7-5-3-2-4-6-7/h2-6,16H,1H3,(H2,15,19)(H,17,21). The second-order valence-electron chi connectivity index (χ2n) is 4.55. The number of carbonyl (C=O) groups is 1. The summed E-state index contributed by atoms with van der Waals surface area (Å²) < 4.78 is 1.59. The summed E-state index contributed by atoms with van der Waals surface area (Å²) in [6.45, 7) is 0. The molecule has 0 atom stereocenters. The van der Waals surface area contributed by atoms with Crippen molar-refractivity contribution in [2.24, 2.45) is 5.73 Å². The van der Waals surface area contributed by atoms with E-state index in [2.05, 4.69) is 9.97 Å². The average Bonchev–Trinajstić information content (AvgIpc) is 2.87. The van der Waals surface area contributed by atoms with Gasteiger partial charge in [-0.05, 0) is 30.6 Å². The van der Waals surface area contributed by atoms with E-state index in [0.717, 1.165) is 0 Å². The third kappa shape index (κ3) is 2.16. The van der Waals surface area contributed by atoms with E-state index >= 15 is 0 Å². The van der Waals surface area contributed by atoms with Crippen LogP contribution in [0.1, 0.15) is 10.4 Å². The normalized spacial score (nSPS) is 11.0. The van der Waals surface area contributed by atoms with Crippen LogP contribution in [0.4, 0.5) is 0 Å². The number of para-hydroxylation sites is 1. The van der Waals surface area contributed by atoms with Crippen LogP contribution in [0.3, 0.4) is 0 Å². The van der Waals surface area contributed by atoms with Crippen molar-refractivity contribution in [3.63, 3.8) is 0 Å². The number of nitrogens with two attached hydrogens (primary N) is 1. The smallest absolute Gasteiger partial charge is 0.269 e. The van der Waals surface area contributed by atoms with Gasteiger partial charge >= 0.3 is 0 Å². The van der Waals surface area contributed by atoms with Crippen molar-refractivity contribution in [1.82, 2.24) is 14.5 Å². The molecule has 0 fully saturated rings. The van der Waals surface area contributed by atoms with E-state index in [1.54, 1.807) is 30.5 Å². The van der Waals surface area contributed by atoms with E-state index in [-0.39, 0.29) is 21.3 Å². The minimum absolute atomic E-state index is 0.184. The lowest BCUT2D eigenvalue weighted by atomic mass is 10.2. The fraction of sp³-hybridized carbons (Fsp3) is 0.0714. The van der Waals surface area contributed by atoms with Gasteiger partial charge in [0.2, 0.25) is 0 Å². The van der Waals surface area contributed by atoms with E-state index in [4.69, 9.17) is 18.0 Å². The van der Waals surface area contributed by atoms with Gasteiger partial charge in [0, 0.05) is 0 Å². The Hall–Kier alpha value is -2.32. The molecule has 3 aromatic rings. The van der Waals surface area contributed by atoms with Crippen molar-refractivity contribution in [3.05, 3.63) is 51.0 Å². The molecule has 8 heteroatoms. The summed E-state index contributed by atoms with van der Waals surface area (Å²) in [4.78, 5) is 30.5. The second kappa shape index (κ2) is 5.47. The lowest BCUT2D eigenvalue weighted by Gasteiger charge is -2.06. The summed E-state index contributed by atoms with van der Waals surface area (Å²) in [6.07, 6.45) is 1.79. The zero-order chi connectivity index (χ0) is 15.9. The van der Waals surface area contributed by atoms with Gasteiger partial charge in [0.25, 0.3) is 11.5 Å². The summed E-state index contributed by atoms with van der Waals surface area (Å²) in [5.74, 6) is -0.655. The topological polar surface area (TPSA) is 96.7 Å². The van der Waals surface area contributed by atoms with Gasteiger partial charge in [0.05, 0.1) is 21.7 Å². The van der Waals surface area contributed by atoms with Crippen LogP contribution in [0, 0.1) is 4.77 Å². The molecule has 0 bridgehead atoms. The number of hydrogen-bond acceptors (Lipinski definition) is 4. The number of rotatable bonds is 3. The number of thioether (sulfide) groups is 1. The molecule has 6 nitrogen and oxygen atoms in total. The minimum Gasteiger partial charge on any atom is -0.365 e. The van der Waals surface area contributed by atoms with Gasteiger partial charge in [-0.2, -0.15) is 0 Å². The van der Waals surface area contributed by atoms with Gasteiger partial charge in [-0.1, -0.05) is 18.2 Å². The lowest BCUT2D eigenvalue weighted by molar-refractivity contribution is 0.0999. The summed E-state index contributed by atoms with van der Waals surface area (Å²) in [5.41, 5.74) is 6.27. The number of benzene rings is 1. The summed E-state index contributed by atoms with van der Waals surface area (Å²) in [7, 11) is 0. The van der Waals surface area contributed by atoms with Crippen molar-refractivity contribution in [1.29, 1.82) is 0 Å². The first-order valence-electron chi connectivity index (χ1n) is 6.34. The number of fused-ring (bicyclic) bond motifs is 1. The van der Waals surface area contributed by atoms with E-state index < -0.39 is 5.91 Å². The van der Waals surface area contributed by atoms with Crippen LogP contribution < -0.4 is 11.3 Å². The number of nitrogens with zero attached hydrogens (tertiary/aromatic N) is 1. The SMILES string of the molecule is CSc1[nH]c2[nH]c(=S)n(-c3ccccc3)c(=O)c2c1C(N)=O. The molecule has 4 N–H and O–H groups in total. The molecule has 0 spiro atoms. The van der Waals surface area contributed by atoms with Crippen molar-refractivity contribution < 1.29 is 4.79 Å². The molecular formula is C14H12N4O2S2. The van der Waals surface area contributed by atoms with Crippen LogP contribution in [0.2, 0.25) is 0 Å². The van der Waals surface area contributed by atoms with Crippen LogP contribution in [0.5, 0.6) is 0 Å². The molecule has 1 aromatic carbocycles. The van der Waals surface area contributed by atoms with Gasteiger partial charge < -0.3 is 15.7 Å². The number of hydrogen-bond donors (Lipinski definition) is 3. The molecule has 3 rings (SSSR count). The average molecular weight is 332 g/mol. The molecule has 2 heterocycles. The Morgan fingerprint density at radius 1 is 1.27 bits per heavy atom. The number of amides is 1. The van der Waals surface area contributed by atoms with Gasteiger partial charge in [0.15, 0.2) is 4.77 Å². The maximum absolute atomic E-state index is 12.8. The highest BCUT2D eigenvalue weighted by atomic mass is 32.2. The fourth-order valence-electron chi connectivity index (χ4n) is 2.35. The Morgan fingerprint density at radius 3 is 2.55 bits per heavy atom. The van der Waals surface area contributed by atoms with Gasteiger partial charge in [-0.25, -0.2) is 0 Å². The molecule has 0 saturated carbocycles. The second-order valence-corrected chi connectivity index (χ2v) is 5.76. The Balaban J connectivity index is 2.48. The third-order valence-corrected chi connectivity index (χ3v) is 4.28. The molecule has 0 unspecified atom stereocenters. The lowest BCUT2D eigenvalue weighted by Crippen LogP contribution is -2.23. The van der Waals surface area contributed by atoms with Crippen molar-refractivity contribution in [2.45, 2.75) is 5.03 Å².